The van der Waals surface area contributed by atoms with Crippen molar-refractivity contribution in [2.75, 3.05) is 25.4 Å². The number of benzene rings is 1. The van der Waals surface area contributed by atoms with Gasteiger partial charge >= 0.3 is 5.97 Å². The first-order valence-corrected chi connectivity index (χ1v) is 8.92. The van der Waals surface area contributed by atoms with Gasteiger partial charge in [-0.3, -0.25) is 9.59 Å². The molecule has 1 aliphatic heterocycles. The Morgan fingerprint density at radius 2 is 2.17 bits per heavy atom. The summed E-state index contributed by atoms with van der Waals surface area (Å²) in [7, 11) is 0. The highest BCUT2D eigenvalue weighted by Gasteiger charge is 2.29. The summed E-state index contributed by atoms with van der Waals surface area (Å²) in [5, 5.41) is 0. The predicted octanol–water partition coefficient (Wildman–Crippen LogP) is 3.11. The van der Waals surface area contributed by atoms with Gasteiger partial charge in [0.15, 0.2) is 0 Å². The molecule has 1 saturated heterocycles. The van der Waals surface area contributed by atoms with Crippen molar-refractivity contribution in [1.82, 2.24) is 4.90 Å². The van der Waals surface area contributed by atoms with Crippen LogP contribution in [0.2, 0.25) is 0 Å². The molecule has 23 heavy (non-hydrogen) atoms. The molecule has 6 heteroatoms. The molecule has 2 rings (SSSR count). The normalized spacial score (nSPS) is 17.8. The fourth-order valence-corrected chi connectivity index (χ4v) is 3.50. The highest BCUT2D eigenvalue weighted by atomic mass is 32.2. The zero-order valence-electron chi connectivity index (χ0n) is 13.3. The quantitative estimate of drug-likeness (QED) is 0.590. The van der Waals surface area contributed by atoms with E-state index in [0.717, 1.165) is 12.8 Å². The topological polar surface area (TPSA) is 46.6 Å². The molecule has 1 aromatic carbocycles. The molecule has 4 nitrogen and oxygen atoms in total. The van der Waals surface area contributed by atoms with Crippen LogP contribution in [-0.2, 0) is 14.3 Å². The van der Waals surface area contributed by atoms with Gasteiger partial charge < -0.3 is 9.64 Å². The average molecular weight is 339 g/mol. The van der Waals surface area contributed by atoms with Crippen LogP contribution >= 0.6 is 11.8 Å². The van der Waals surface area contributed by atoms with E-state index in [4.69, 9.17) is 4.74 Å². The van der Waals surface area contributed by atoms with Gasteiger partial charge in [0.25, 0.3) is 0 Å². The first-order chi connectivity index (χ1) is 11.1. The second kappa shape index (κ2) is 8.91. The molecule has 126 valence electrons. The van der Waals surface area contributed by atoms with E-state index in [1.54, 1.807) is 30.0 Å². The van der Waals surface area contributed by atoms with Gasteiger partial charge in [0.05, 0.1) is 12.5 Å². The molecule has 0 radical (unpaired) electrons. The lowest BCUT2D eigenvalue weighted by Crippen LogP contribution is -2.42. The number of rotatable bonds is 6. The second-order valence-electron chi connectivity index (χ2n) is 5.46. The molecule has 1 amide bonds. The highest BCUT2D eigenvalue weighted by molar-refractivity contribution is 7.99. The second-order valence-corrected chi connectivity index (χ2v) is 6.60. The highest BCUT2D eigenvalue weighted by Crippen LogP contribution is 2.23. The van der Waals surface area contributed by atoms with Gasteiger partial charge in [-0.1, -0.05) is 12.1 Å². The van der Waals surface area contributed by atoms with E-state index in [1.807, 2.05) is 0 Å². The number of thioether (sulfide) groups is 1. The van der Waals surface area contributed by atoms with Crippen molar-refractivity contribution in [3.8, 4) is 0 Å². The first-order valence-electron chi connectivity index (χ1n) is 7.93. The van der Waals surface area contributed by atoms with Crippen LogP contribution in [0.1, 0.15) is 26.2 Å². The number of hydrogen-bond donors (Lipinski definition) is 0. The number of nitrogens with zero attached hydrogens (tertiary/aromatic N) is 1. The monoisotopic (exact) mass is 339 g/mol. The van der Waals surface area contributed by atoms with E-state index in [0.29, 0.717) is 36.8 Å². The molecule has 0 spiro atoms. The molecular formula is C17H22FNO3S. The minimum atomic E-state index is -0.259. The Balaban J connectivity index is 1.79. The van der Waals surface area contributed by atoms with Crippen molar-refractivity contribution in [2.24, 2.45) is 5.92 Å². The smallest absolute Gasteiger partial charge is 0.310 e. The van der Waals surface area contributed by atoms with Gasteiger partial charge in [-0.25, -0.2) is 4.39 Å². The van der Waals surface area contributed by atoms with Crippen LogP contribution in [0.5, 0.6) is 0 Å². The lowest BCUT2D eigenvalue weighted by molar-refractivity contribution is -0.151. The number of amides is 1. The lowest BCUT2D eigenvalue weighted by atomic mass is 9.98. The van der Waals surface area contributed by atoms with E-state index in [2.05, 4.69) is 0 Å². The molecule has 1 atom stereocenters. The molecule has 1 fully saturated rings. The third-order valence-electron chi connectivity index (χ3n) is 3.80. The van der Waals surface area contributed by atoms with Crippen molar-refractivity contribution in [3.05, 3.63) is 30.1 Å². The summed E-state index contributed by atoms with van der Waals surface area (Å²) in [5.41, 5.74) is 0. The van der Waals surface area contributed by atoms with Crippen molar-refractivity contribution in [3.63, 3.8) is 0 Å². The molecule has 0 aliphatic carbocycles. The number of piperidine rings is 1. The number of esters is 1. The fourth-order valence-electron chi connectivity index (χ4n) is 2.62. The van der Waals surface area contributed by atoms with E-state index in [9.17, 15) is 14.0 Å². The summed E-state index contributed by atoms with van der Waals surface area (Å²) in [6.07, 6.45) is 1.93. The summed E-state index contributed by atoms with van der Waals surface area (Å²) in [4.78, 5) is 26.4. The predicted molar refractivity (Wildman–Crippen MR) is 87.7 cm³/mol. The maximum absolute atomic E-state index is 13.5. The Kier molecular flexibility index (Phi) is 6.89. The molecule has 1 aliphatic rings. The number of ether oxygens (including phenoxy) is 1. The molecule has 0 bridgehead atoms. The Bertz CT molecular complexity index is 552. The summed E-state index contributed by atoms with van der Waals surface area (Å²) in [5.74, 6) is -0.147. The van der Waals surface area contributed by atoms with E-state index >= 15 is 0 Å². The Morgan fingerprint density at radius 1 is 1.39 bits per heavy atom. The molecule has 0 aromatic heterocycles. The SMILES string of the molecule is CCOC(=O)C1CCCN(C(=O)CCSc2ccccc2F)C1. The molecule has 1 heterocycles. The van der Waals surface area contributed by atoms with Crippen molar-refractivity contribution in [1.29, 1.82) is 0 Å². The number of carbonyl (C=O) groups excluding carboxylic acids is 2. The summed E-state index contributed by atoms with van der Waals surface area (Å²) in [6.45, 7) is 3.26. The fraction of sp³-hybridized carbons (Fsp3) is 0.529. The van der Waals surface area contributed by atoms with Gasteiger partial charge in [0, 0.05) is 30.2 Å². The van der Waals surface area contributed by atoms with E-state index in [1.165, 1.54) is 17.8 Å². The van der Waals surface area contributed by atoms with Crippen LogP contribution < -0.4 is 0 Å². The molecule has 1 unspecified atom stereocenters. The summed E-state index contributed by atoms with van der Waals surface area (Å²) < 4.78 is 18.6. The standard InChI is InChI=1S/C17H22FNO3S/c1-2-22-17(21)13-6-5-10-19(12-13)16(20)9-11-23-15-8-4-3-7-14(15)18/h3-4,7-8,13H,2,5-6,9-12H2,1H3. The largest absolute Gasteiger partial charge is 0.466 e. The zero-order chi connectivity index (χ0) is 16.7. The summed E-state index contributed by atoms with van der Waals surface area (Å²) >= 11 is 1.34. The van der Waals surface area contributed by atoms with Crippen molar-refractivity contribution < 1.29 is 18.7 Å². The molecule has 1 aromatic rings. The number of halogens is 1. The minimum absolute atomic E-state index is 0.0165. The van der Waals surface area contributed by atoms with Gasteiger partial charge in [0.1, 0.15) is 5.82 Å². The van der Waals surface area contributed by atoms with Gasteiger partial charge in [-0.15, -0.1) is 11.8 Å². The third-order valence-corrected chi connectivity index (χ3v) is 4.85. The van der Waals surface area contributed by atoms with E-state index < -0.39 is 0 Å². The maximum Gasteiger partial charge on any atom is 0.310 e. The average Bonchev–Trinajstić information content (AvgIpc) is 2.57. The molecular weight excluding hydrogens is 317 g/mol. The van der Waals surface area contributed by atoms with E-state index in [-0.39, 0.29) is 23.6 Å². The van der Waals surface area contributed by atoms with Crippen LogP contribution in [0.15, 0.2) is 29.2 Å². The van der Waals surface area contributed by atoms with Crippen LogP contribution in [0.25, 0.3) is 0 Å². The van der Waals surface area contributed by atoms with Crippen LogP contribution in [-0.4, -0.2) is 42.2 Å². The first kappa shape index (κ1) is 17.8. The Hall–Kier alpha value is -1.56. The van der Waals surface area contributed by atoms with Crippen LogP contribution in [0, 0.1) is 11.7 Å². The number of likely N-dealkylation sites (tertiary alicyclic amines) is 1. The van der Waals surface area contributed by atoms with Crippen LogP contribution in [0.4, 0.5) is 4.39 Å². The molecule has 0 saturated carbocycles. The van der Waals surface area contributed by atoms with Crippen LogP contribution in [0.3, 0.4) is 0 Å². The zero-order valence-corrected chi connectivity index (χ0v) is 14.1. The Morgan fingerprint density at radius 3 is 2.91 bits per heavy atom. The van der Waals surface area contributed by atoms with Gasteiger partial charge in [0.2, 0.25) is 5.91 Å². The number of hydrogen-bond acceptors (Lipinski definition) is 4. The third kappa shape index (κ3) is 5.23. The number of carbonyl (C=O) groups is 2. The van der Waals surface area contributed by atoms with Gasteiger partial charge in [-0.05, 0) is 31.9 Å². The van der Waals surface area contributed by atoms with Crippen molar-refractivity contribution >= 4 is 23.6 Å². The van der Waals surface area contributed by atoms with Crippen molar-refractivity contribution in [2.45, 2.75) is 31.1 Å². The lowest BCUT2D eigenvalue weighted by Gasteiger charge is -2.31. The maximum atomic E-state index is 13.5. The van der Waals surface area contributed by atoms with Gasteiger partial charge in [-0.2, -0.15) is 0 Å². The Labute approximate surface area is 140 Å². The molecule has 0 N–H and O–H groups in total. The summed E-state index contributed by atoms with van der Waals surface area (Å²) in [6, 6.07) is 6.55. The minimum Gasteiger partial charge on any atom is -0.466 e.